The van der Waals surface area contributed by atoms with Crippen LogP contribution in [0, 0.1) is 6.92 Å². The normalized spacial score (nSPS) is 8.75. The standard InChI is InChI=1S/C9H11Cl.C2H6/c1-3-8-5-4-7(2)6-9(8)10;1-2/h4-6H,3H2,1-2H3;1-2H3. The molecule has 68 valence electrons. The molecule has 0 bridgehead atoms. The molecule has 0 amide bonds. The molecule has 0 N–H and O–H groups in total. The third-order valence-corrected chi connectivity index (χ3v) is 1.94. The van der Waals surface area contributed by atoms with Crippen LogP contribution in [0.25, 0.3) is 0 Å². The summed E-state index contributed by atoms with van der Waals surface area (Å²) >= 11 is 5.93. The van der Waals surface area contributed by atoms with Crippen molar-refractivity contribution in [2.45, 2.75) is 34.1 Å². The van der Waals surface area contributed by atoms with E-state index in [2.05, 4.69) is 19.1 Å². The van der Waals surface area contributed by atoms with E-state index in [1.165, 1.54) is 11.1 Å². The second-order valence-electron chi connectivity index (χ2n) is 2.45. The van der Waals surface area contributed by atoms with Gasteiger partial charge in [-0.2, -0.15) is 0 Å². The Morgan fingerprint density at radius 1 is 1.25 bits per heavy atom. The van der Waals surface area contributed by atoms with E-state index in [1.54, 1.807) is 0 Å². The van der Waals surface area contributed by atoms with Crippen molar-refractivity contribution in [3.63, 3.8) is 0 Å². The zero-order chi connectivity index (χ0) is 9.56. The minimum Gasteiger partial charge on any atom is -0.0840 e. The molecule has 0 aliphatic carbocycles. The third kappa shape index (κ3) is 3.27. The van der Waals surface area contributed by atoms with Crippen LogP contribution in [0.2, 0.25) is 5.02 Å². The zero-order valence-corrected chi connectivity index (χ0v) is 9.07. The maximum absolute atomic E-state index is 5.93. The van der Waals surface area contributed by atoms with Gasteiger partial charge in [0.2, 0.25) is 0 Å². The van der Waals surface area contributed by atoms with Crippen molar-refractivity contribution in [1.29, 1.82) is 0 Å². The van der Waals surface area contributed by atoms with Crippen molar-refractivity contribution in [2.24, 2.45) is 0 Å². The summed E-state index contributed by atoms with van der Waals surface area (Å²) in [5.41, 5.74) is 2.45. The van der Waals surface area contributed by atoms with Crippen LogP contribution < -0.4 is 0 Å². The lowest BCUT2D eigenvalue weighted by Crippen LogP contribution is -1.81. The molecule has 0 nitrogen and oxygen atoms in total. The smallest absolute Gasteiger partial charge is 0.0440 e. The van der Waals surface area contributed by atoms with Gasteiger partial charge >= 0.3 is 0 Å². The van der Waals surface area contributed by atoms with Crippen LogP contribution >= 0.6 is 11.6 Å². The van der Waals surface area contributed by atoms with Gasteiger partial charge in [-0.15, -0.1) is 0 Å². The first kappa shape index (κ1) is 11.5. The molecule has 0 heterocycles. The molecule has 0 aliphatic heterocycles. The van der Waals surface area contributed by atoms with E-state index in [-0.39, 0.29) is 0 Å². The lowest BCUT2D eigenvalue weighted by Gasteiger charge is -2.00. The second-order valence-corrected chi connectivity index (χ2v) is 2.86. The summed E-state index contributed by atoms with van der Waals surface area (Å²) in [6.45, 7) is 8.15. The molecule has 1 aromatic carbocycles. The molecule has 0 atom stereocenters. The van der Waals surface area contributed by atoms with Crippen molar-refractivity contribution in [2.75, 3.05) is 0 Å². The maximum atomic E-state index is 5.93. The number of hydrogen-bond acceptors (Lipinski definition) is 0. The highest BCUT2D eigenvalue weighted by molar-refractivity contribution is 6.31. The lowest BCUT2D eigenvalue weighted by molar-refractivity contribution is 1.14. The number of benzene rings is 1. The molecule has 0 radical (unpaired) electrons. The fraction of sp³-hybridized carbons (Fsp3) is 0.455. The Kier molecular flexibility index (Phi) is 5.83. The van der Waals surface area contributed by atoms with Gasteiger partial charge in [-0.3, -0.25) is 0 Å². The molecule has 0 saturated carbocycles. The summed E-state index contributed by atoms with van der Waals surface area (Å²) in [6, 6.07) is 6.17. The monoisotopic (exact) mass is 184 g/mol. The molecule has 0 spiro atoms. The van der Waals surface area contributed by atoms with Crippen LogP contribution in [-0.2, 0) is 6.42 Å². The minimum atomic E-state index is 0.891. The number of hydrogen-bond donors (Lipinski definition) is 0. The molecule has 1 heteroatoms. The maximum Gasteiger partial charge on any atom is 0.0440 e. The Bertz CT molecular complexity index is 228. The average molecular weight is 185 g/mol. The predicted molar refractivity (Wildman–Crippen MR) is 56.9 cm³/mol. The molecule has 0 saturated heterocycles. The first-order chi connectivity index (χ1) is 5.74. The van der Waals surface area contributed by atoms with Gasteiger partial charge < -0.3 is 0 Å². The fourth-order valence-electron chi connectivity index (χ4n) is 0.939. The fourth-order valence-corrected chi connectivity index (χ4v) is 1.31. The minimum absolute atomic E-state index is 0.891. The van der Waals surface area contributed by atoms with Gasteiger partial charge in [-0.05, 0) is 30.5 Å². The molecule has 12 heavy (non-hydrogen) atoms. The summed E-state index contributed by atoms with van der Waals surface area (Å²) < 4.78 is 0. The molecule has 0 aromatic heterocycles. The predicted octanol–water partition coefficient (Wildman–Crippen LogP) is 4.24. The second kappa shape index (κ2) is 6.07. The molecule has 0 fully saturated rings. The third-order valence-electron chi connectivity index (χ3n) is 1.59. The summed E-state index contributed by atoms with van der Waals surface area (Å²) in [5, 5.41) is 0.891. The molecule has 0 aliphatic rings. The molecule has 0 unspecified atom stereocenters. The van der Waals surface area contributed by atoms with Gasteiger partial charge in [0.15, 0.2) is 0 Å². The molecule has 1 rings (SSSR count). The first-order valence-corrected chi connectivity index (χ1v) is 4.87. The van der Waals surface area contributed by atoms with Crippen molar-refractivity contribution < 1.29 is 0 Å². The van der Waals surface area contributed by atoms with Gasteiger partial charge in [0.25, 0.3) is 0 Å². The summed E-state index contributed by atoms with van der Waals surface area (Å²) in [5.74, 6) is 0. The quantitative estimate of drug-likeness (QED) is 0.613. The number of rotatable bonds is 1. The highest BCUT2D eigenvalue weighted by atomic mass is 35.5. The largest absolute Gasteiger partial charge is 0.0840 e. The van der Waals surface area contributed by atoms with Gasteiger partial charge in [0.05, 0.1) is 0 Å². The van der Waals surface area contributed by atoms with Gasteiger partial charge in [-0.1, -0.05) is 44.5 Å². The van der Waals surface area contributed by atoms with E-state index in [0.29, 0.717) is 0 Å². The van der Waals surface area contributed by atoms with E-state index in [4.69, 9.17) is 11.6 Å². The van der Waals surface area contributed by atoms with Crippen LogP contribution in [0.15, 0.2) is 18.2 Å². The highest BCUT2D eigenvalue weighted by Crippen LogP contribution is 2.17. The van der Waals surface area contributed by atoms with E-state index in [9.17, 15) is 0 Å². The average Bonchev–Trinajstić information content (AvgIpc) is 2.08. The van der Waals surface area contributed by atoms with Crippen LogP contribution in [0.5, 0.6) is 0 Å². The Morgan fingerprint density at radius 2 is 1.83 bits per heavy atom. The molecule has 1 aromatic rings. The SMILES string of the molecule is CC.CCc1ccc(C)cc1Cl. The van der Waals surface area contributed by atoms with Crippen molar-refractivity contribution in [1.82, 2.24) is 0 Å². The van der Waals surface area contributed by atoms with E-state index < -0.39 is 0 Å². The number of halogens is 1. The Labute approximate surface area is 80.6 Å². The summed E-state index contributed by atoms with van der Waals surface area (Å²) in [7, 11) is 0. The Hall–Kier alpha value is -0.490. The first-order valence-electron chi connectivity index (χ1n) is 4.49. The lowest BCUT2D eigenvalue weighted by atomic mass is 10.1. The molecular weight excluding hydrogens is 168 g/mol. The van der Waals surface area contributed by atoms with Crippen molar-refractivity contribution >= 4 is 11.6 Å². The Balaban J connectivity index is 0.000000561. The Morgan fingerprint density at radius 3 is 2.25 bits per heavy atom. The van der Waals surface area contributed by atoms with Gasteiger partial charge in [0.1, 0.15) is 0 Å². The van der Waals surface area contributed by atoms with Crippen molar-refractivity contribution in [3.05, 3.63) is 34.3 Å². The van der Waals surface area contributed by atoms with E-state index >= 15 is 0 Å². The highest BCUT2D eigenvalue weighted by Gasteiger charge is 1.95. The van der Waals surface area contributed by atoms with Gasteiger partial charge in [0, 0.05) is 5.02 Å². The van der Waals surface area contributed by atoms with Gasteiger partial charge in [-0.25, -0.2) is 0 Å². The summed E-state index contributed by atoms with van der Waals surface area (Å²) in [6.07, 6.45) is 1.01. The van der Waals surface area contributed by atoms with Crippen LogP contribution in [-0.4, -0.2) is 0 Å². The van der Waals surface area contributed by atoms with E-state index in [1.807, 2.05) is 26.8 Å². The molecular formula is C11H17Cl. The number of aryl methyl sites for hydroxylation is 2. The topological polar surface area (TPSA) is 0 Å². The van der Waals surface area contributed by atoms with Crippen molar-refractivity contribution in [3.8, 4) is 0 Å². The zero-order valence-electron chi connectivity index (χ0n) is 8.32. The summed E-state index contributed by atoms with van der Waals surface area (Å²) in [4.78, 5) is 0. The van der Waals surface area contributed by atoms with Crippen LogP contribution in [0.3, 0.4) is 0 Å². The van der Waals surface area contributed by atoms with Crippen LogP contribution in [0.4, 0.5) is 0 Å². The van der Waals surface area contributed by atoms with Crippen LogP contribution in [0.1, 0.15) is 31.9 Å². The van der Waals surface area contributed by atoms with E-state index in [0.717, 1.165) is 11.4 Å².